The van der Waals surface area contributed by atoms with Crippen LogP contribution in [0.1, 0.15) is 48.6 Å². The second kappa shape index (κ2) is 5.91. The summed E-state index contributed by atoms with van der Waals surface area (Å²) in [4.78, 5) is 23.3. The summed E-state index contributed by atoms with van der Waals surface area (Å²) in [5.41, 5.74) is -0.158. The smallest absolute Gasteiger partial charge is 0.311 e. The zero-order valence-corrected chi connectivity index (χ0v) is 11.9. The number of aliphatic carboxylic acids is 1. The maximum Gasteiger partial charge on any atom is 0.311 e. The third-order valence-electron chi connectivity index (χ3n) is 3.64. The van der Waals surface area contributed by atoms with Gasteiger partial charge in [-0.3, -0.25) is 9.59 Å². The van der Waals surface area contributed by atoms with Crippen molar-refractivity contribution in [3.8, 4) is 0 Å². The lowest BCUT2D eigenvalue weighted by molar-refractivity contribution is -0.149. The molecular weight excluding hydrogens is 246 g/mol. The second-order valence-corrected chi connectivity index (χ2v) is 4.84. The largest absolute Gasteiger partial charge is 0.481 e. The maximum absolute atomic E-state index is 12.0. The van der Waals surface area contributed by atoms with Crippen molar-refractivity contribution in [2.24, 2.45) is 5.41 Å². The summed E-state index contributed by atoms with van der Waals surface area (Å²) in [6, 6.07) is 1.78. The standard InChI is InChI=1S/C14H21NO4/c1-5-14(6-2,13(17)18)8-15-12(16)11-9(3)7-10(4)19-11/h7H,5-6,8H2,1-4H3,(H,15,16)(H,17,18). The van der Waals surface area contributed by atoms with E-state index in [0.29, 0.717) is 18.6 Å². The summed E-state index contributed by atoms with van der Waals surface area (Å²) < 4.78 is 5.31. The van der Waals surface area contributed by atoms with Gasteiger partial charge in [-0.15, -0.1) is 0 Å². The maximum atomic E-state index is 12.0. The highest BCUT2D eigenvalue weighted by molar-refractivity contribution is 5.93. The van der Waals surface area contributed by atoms with Gasteiger partial charge in [0.15, 0.2) is 5.76 Å². The first kappa shape index (κ1) is 15.3. The molecule has 5 heteroatoms. The van der Waals surface area contributed by atoms with Crippen LogP contribution in [0.15, 0.2) is 10.5 Å². The molecular formula is C14H21NO4. The Labute approximate surface area is 113 Å². The summed E-state index contributed by atoms with van der Waals surface area (Å²) in [6.45, 7) is 7.28. The minimum absolute atomic E-state index is 0.105. The lowest BCUT2D eigenvalue weighted by Crippen LogP contribution is -2.42. The number of carbonyl (C=O) groups is 2. The van der Waals surface area contributed by atoms with E-state index in [1.165, 1.54) is 0 Å². The molecule has 2 N–H and O–H groups in total. The number of amides is 1. The van der Waals surface area contributed by atoms with Crippen LogP contribution in [0.4, 0.5) is 0 Å². The lowest BCUT2D eigenvalue weighted by Gasteiger charge is -2.26. The molecule has 106 valence electrons. The fourth-order valence-electron chi connectivity index (χ4n) is 2.07. The molecule has 0 radical (unpaired) electrons. The number of aryl methyl sites for hydroxylation is 2. The van der Waals surface area contributed by atoms with Crippen molar-refractivity contribution in [2.45, 2.75) is 40.5 Å². The molecule has 0 unspecified atom stereocenters. The highest BCUT2D eigenvalue weighted by Crippen LogP contribution is 2.26. The third kappa shape index (κ3) is 3.16. The van der Waals surface area contributed by atoms with Crippen LogP contribution in [0.2, 0.25) is 0 Å². The molecule has 0 aromatic carbocycles. The molecule has 0 spiro atoms. The first-order chi connectivity index (χ1) is 8.86. The van der Waals surface area contributed by atoms with Gasteiger partial charge in [0.25, 0.3) is 5.91 Å². The van der Waals surface area contributed by atoms with Gasteiger partial charge >= 0.3 is 5.97 Å². The number of carbonyl (C=O) groups excluding carboxylic acids is 1. The van der Waals surface area contributed by atoms with Gasteiger partial charge in [0.2, 0.25) is 0 Å². The topological polar surface area (TPSA) is 79.5 Å². The second-order valence-electron chi connectivity index (χ2n) is 4.84. The number of nitrogens with one attached hydrogen (secondary N) is 1. The molecule has 0 aliphatic rings. The van der Waals surface area contributed by atoms with Crippen molar-refractivity contribution < 1.29 is 19.1 Å². The van der Waals surface area contributed by atoms with Gasteiger partial charge in [0, 0.05) is 12.1 Å². The van der Waals surface area contributed by atoms with Crippen LogP contribution < -0.4 is 5.32 Å². The summed E-state index contributed by atoms with van der Waals surface area (Å²) >= 11 is 0. The Balaban J connectivity index is 2.78. The molecule has 1 rings (SSSR count). The van der Waals surface area contributed by atoms with E-state index in [-0.39, 0.29) is 18.2 Å². The van der Waals surface area contributed by atoms with Crippen molar-refractivity contribution in [1.29, 1.82) is 0 Å². The molecule has 0 bridgehead atoms. The van der Waals surface area contributed by atoms with E-state index in [2.05, 4.69) is 5.32 Å². The first-order valence-corrected chi connectivity index (χ1v) is 6.45. The normalized spacial score (nSPS) is 11.4. The minimum Gasteiger partial charge on any atom is -0.481 e. The Morgan fingerprint density at radius 2 is 1.89 bits per heavy atom. The fourth-order valence-corrected chi connectivity index (χ4v) is 2.07. The Bertz CT molecular complexity index is 472. The molecule has 0 aliphatic carbocycles. The van der Waals surface area contributed by atoms with Crippen LogP contribution in [0.3, 0.4) is 0 Å². The molecule has 19 heavy (non-hydrogen) atoms. The fraction of sp³-hybridized carbons (Fsp3) is 0.571. The van der Waals surface area contributed by atoms with Gasteiger partial charge in [-0.2, -0.15) is 0 Å². The van der Waals surface area contributed by atoms with E-state index in [4.69, 9.17) is 4.42 Å². The van der Waals surface area contributed by atoms with Gasteiger partial charge in [-0.1, -0.05) is 13.8 Å². The molecule has 1 aromatic rings. The molecule has 0 saturated carbocycles. The molecule has 0 atom stereocenters. The van der Waals surface area contributed by atoms with E-state index in [0.717, 1.165) is 5.56 Å². The highest BCUT2D eigenvalue weighted by Gasteiger charge is 2.35. The number of furan rings is 1. The minimum atomic E-state index is -0.912. The Hall–Kier alpha value is -1.78. The average Bonchev–Trinajstić information content (AvgIpc) is 2.69. The number of carboxylic acids is 1. The van der Waals surface area contributed by atoms with Crippen LogP contribution in [0.5, 0.6) is 0 Å². The molecule has 1 aromatic heterocycles. The van der Waals surface area contributed by atoms with E-state index in [1.807, 2.05) is 13.8 Å². The van der Waals surface area contributed by atoms with E-state index in [1.54, 1.807) is 19.9 Å². The molecule has 1 amide bonds. The van der Waals surface area contributed by atoms with Crippen molar-refractivity contribution in [3.05, 3.63) is 23.2 Å². The van der Waals surface area contributed by atoms with Crippen molar-refractivity contribution >= 4 is 11.9 Å². The number of rotatable bonds is 6. The monoisotopic (exact) mass is 267 g/mol. The van der Waals surface area contributed by atoms with E-state index in [9.17, 15) is 14.7 Å². The van der Waals surface area contributed by atoms with Crippen molar-refractivity contribution in [1.82, 2.24) is 5.32 Å². The number of hydrogen-bond acceptors (Lipinski definition) is 3. The molecule has 0 saturated heterocycles. The summed E-state index contributed by atoms with van der Waals surface area (Å²) in [6.07, 6.45) is 0.935. The molecule has 1 heterocycles. The molecule has 0 fully saturated rings. The SMILES string of the molecule is CCC(CC)(CNC(=O)c1oc(C)cc1C)C(=O)O. The summed E-state index contributed by atoms with van der Waals surface area (Å²) in [7, 11) is 0. The van der Waals surface area contributed by atoms with Crippen molar-refractivity contribution in [3.63, 3.8) is 0 Å². The predicted octanol–water partition coefficient (Wildman–Crippen LogP) is 2.52. The quantitative estimate of drug-likeness (QED) is 0.830. The van der Waals surface area contributed by atoms with Gasteiger partial charge < -0.3 is 14.8 Å². The Morgan fingerprint density at radius 1 is 1.32 bits per heavy atom. The average molecular weight is 267 g/mol. The third-order valence-corrected chi connectivity index (χ3v) is 3.64. The van der Waals surface area contributed by atoms with Crippen LogP contribution in [0, 0.1) is 19.3 Å². The van der Waals surface area contributed by atoms with Crippen LogP contribution in [-0.4, -0.2) is 23.5 Å². The van der Waals surface area contributed by atoms with Crippen molar-refractivity contribution in [2.75, 3.05) is 6.54 Å². The molecule has 0 aliphatic heterocycles. The van der Waals surface area contributed by atoms with Crippen LogP contribution in [0.25, 0.3) is 0 Å². The van der Waals surface area contributed by atoms with Crippen LogP contribution >= 0.6 is 0 Å². The Morgan fingerprint density at radius 3 is 2.26 bits per heavy atom. The predicted molar refractivity (Wildman–Crippen MR) is 71.2 cm³/mol. The van der Waals surface area contributed by atoms with Gasteiger partial charge in [0.1, 0.15) is 5.76 Å². The first-order valence-electron chi connectivity index (χ1n) is 6.45. The van der Waals surface area contributed by atoms with E-state index < -0.39 is 11.4 Å². The number of carboxylic acid groups (broad SMARTS) is 1. The van der Waals surface area contributed by atoms with E-state index >= 15 is 0 Å². The molecule has 5 nitrogen and oxygen atoms in total. The van der Waals surface area contributed by atoms with Crippen LogP contribution in [-0.2, 0) is 4.79 Å². The summed E-state index contributed by atoms with van der Waals surface area (Å²) in [5.74, 6) is -0.328. The van der Waals surface area contributed by atoms with Gasteiger partial charge in [-0.05, 0) is 32.8 Å². The van der Waals surface area contributed by atoms with Gasteiger partial charge in [0.05, 0.1) is 5.41 Å². The zero-order chi connectivity index (χ0) is 14.6. The van der Waals surface area contributed by atoms with Gasteiger partial charge in [-0.25, -0.2) is 0 Å². The zero-order valence-electron chi connectivity index (χ0n) is 11.9. The Kier molecular flexibility index (Phi) is 4.75. The summed E-state index contributed by atoms with van der Waals surface area (Å²) in [5, 5.41) is 12.0. The highest BCUT2D eigenvalue weighted by atomic mass is 16.4. The lowest BCUT2D eigenvalue weighted by atomic mass is 9.82. The number of hydrogen-bond donors (Lipinski definition) is 2.